The van der Waals surface area contributed by atoms with Gasteiger partial charge in [0.05, 0.1) is 17.9 Å². The van der Waals surface area contributed by atoms with Crippen molar-refractivity contribution in [1.29, 1.82) is 0 Å². The largest absolute Gasteiger partial charge is 0.392 e. The van der Waals surface area contributed by atoms with Crippen LogP contribution in [0.4, 0.5) is 5.69 Å². The summed E-state index contributed by atoms with van der Waals surface area (Å²) in [6.45, 7) is 2.24. The van der Waals surface area contributed by atoms with Gasteiger partial charge >= 0.3 is 0 Å². The Bertz CT molecular complexity index is 810. The summed E-state index contributed by atoms with van der Waals surface area (Å²) in [5.41, 5.74) is -0.0720. The summed E-state index contributed by atoms with van der Waals surface area (Å²) in [6.07, 6.45) is -0.371. The number of anilines is 1. The Labute approximate surface area is 156 Å². The molecule has 3 N–H and O–H groups in total. The molecule has 0 aromatic heterocycles. The lowest BCUT2D eigenvalue weighted by Crippen LogP contribution is -2.54. The van der Waals surface area contributed by atoms with Crippen molar-refractivity contribution >= 4 is 23.4 Å². The minimum atomic E-state index is -1.34. The maximum atomic E-state index is 13.2. The van der Waals surface area contributed by atoms with E-state index in [-0.39, 0.29) is 24.3 Å². The molecule has 0 saturated carbocycles. The monoisotopic (exact) mass is 373 g/mol. The van der Waals surface area contributed by atoms with Crippen LogP contribution >= 0.6 is 0 Å². The SMILES string of the molecule is COCCCN1C(=O)[C@@H]2[C@H]([C@@H](C)O)N[C@]3(C(=O)Nc4ccccc43)[C@@H]2C1=O. The number of nitrogens with one attached hydrogen (secondary N) is 2. The van der Waals surface area contributed by atoms with E-state index in [1.54, 1.807) is 38.3 Å². The van der Waals surface area contributed by atoms with Gasteiger partial charge in [-0.25, -0.2) is 0 Å². The van der Waals surface area contributed by atoms with Crippen molar-refractivity contribution < 1.29 is 24.2 Å². The van der Waals surface area contributed by atoms with E-state index in [1.807, 2.05) is 0 Å². The number of hydrogen-bond acceptors (Lipinski definition) is 6. The summed E-state index contributed by atoms with van der Waals surface area (Å²) in [5.74, 6) is -2.73. The molecule has 27 heavy (non-hydrogen) atoms. The number of fused-ring (bicyclic) bond motifs is 4. The number of benzene rings is 1. The summed E-state index contributed by atoms with van der Waals surface area (Å²) in [5, 5.41) is 16.3. The first-order valence-electron chi connectivity index (χ1n) is 9.14. The van der Waals surface area contributed by atoms with Crippen LogP contribution in [0.1, 0.15) is 18.9 Å². The van der Waals surface area contributed by atoms with Crippen molar-refractivity contribution in [2.45, 2.75) is 31.0 Å². The Balaban J connectivity index is 1.79. The molecule has 8 nitrogen and oxygen atoms in total. The minimum Gasteiger partial charge on any atom is -0.392 e. The summed E-state index contributed by atoms with van der Waals surface area (Å²) < 4.78 is 5.02. The van der Waals surface area contributed by atoms with E-state index in [1.165, 1.54) is 4.90 Å². The van der Waals surface area contributed by atoms with Gasteiger partial charge in [0.15, 0.2) is 0 Å². The molecule has 3 aliphatic heterocycles. The zero-order valence-corrected chi connectivity index (χ0v) is 15.3. The van der Waals surface area contributed by atoms with Crippen LogP contribution in [0.2, 0.25) is 0 Å². The van der Waals surface area contributed by atoms with E-state index >= 15 is 0 Å². The quantitative estimate of drug-likeness (QED) is 0.488. The van der Waals surface area contributed by atoms with E-state index in [9.17, 15) is 19.5 Å². The normalized spacial score (nSPS) is 32.8. The Morgan fingerprint density at radius 2 is 2.00 bits per heavy atom. The molecule has 0 aliphatic carbocycles. The topological polar surface area (TPSA) is 108 Å². The van der Waals surface area contributed by atoms with Gasteiger partial charge in [0.25, 0.3) is 0 Å². The molecule has 1 aromatic carbocycles. The van der Waals surface area contributed by atoms with Crippen molar-refractivity contribution in [3.63, 3.8) is 0 Å². The number of nitrogens with zero attached hydrogens (tertiary/aromatic N) is 1. The van der Waals surface area contributed by atoms with Crippen molar-refractivity contribution in [2.75, 3.05) is 25.6 Å². The number of methoxy groups -OCH3 is 1. The molecule has 3 aliphatic rings. The number of ether oxygens (including phenoxy) is 1. The third-order valence-corrected chi connectivity index (χ3v) is 5.90. The van der Waals surface area contributed by atoms with Crippen LogP contribution in [-0.4, -0.2) is 60.1 Å². The third-order valence-electron chi connectivity index (χ3n) is 5.90. The second kappa shape index (κ2) is 6.40. The fourth-order valence-corrected chi connectivity index (χ4v) is 4.75. The van der Waals surface area contributed by atoms with Gasteiger partial charge in [-0.3, -0.25) is 24.6 Å². The Kier molecular flexibility index (Phi) is 4.29. The first kappa shape index (κ1) is 18.1. The van der Waals surface area contributed by atoms with Gasteiger partial charge in [-0.1, -0.05) is 18.2 Å². The number of likely N-dealkylation sites (tertiary alicyclic amines) is 1. The Hall–Kier alpha value is -2.29. The number of imide groups is 1. The van der Waals surface area contributed by atoms with Crippen LogP contribution in [-0.2, 0) is 24.7 Å². The predicted molar refractivity (Wildman–Crippen MR) is 95.5 cm³/mol. The Morgan fingerprint density at radius 3 is 2.70 bits per heavy atom. The average molecular weight is 373 g/mol. The molecule has 0 bridgehead atoms. The molecule has 3 heterocycles. The number of para-hydroxylation sites is 1. The smallest absolute Gasteiger partial charge is 0.250 e. The second-order valence-corrected chi connectivity index (χ2v) is 7.40. The van der Waals surface area contributed by atoms with Crippen molar-refractivity contribution in [3.8, 4) is 0 Å². The van der Waals surface area contributed by atoms with Gasteiger partial charge in [0.1, 0.15) is 5.54 Å². The highest BCUT2D eigenvalue weighted by molar-refractivity contribution is 6.15. The zero-order chi connectivity index (χ0) is 19.3. The molecular formula is C19H23N3O5. The molecule has 8 heteroatoms. The van der Waals surface area contributed by atoms with Crippen LogP contribution in [0, 0.1) is 11.8 Å². The van der Waals surface area contributed by atoms with Crippen LogP contribution in [0.5, 0.6) is 0 Å². The van der Waals surface area contributed by atoms with Gasteiger partial charge in [-0.05, 0) is 19.4 Å². The molecule has 0 radical (unpaired) electrons. The third kappa shape index (κ3) is 2.37. The van der Waals surface area contributed by atoms with Crippen LogP contribution in [0.3, 0.4) is 0 Å². The molecule has 3 amide bonds. The molecule has 5 atom stereocenters. The number of aliphatic hydroxyl groups is 1. The Morgan fingerprint density at radius 1 is 1.26 bits per heavy atom. The molecule has 144 valence electrons. The maximum absolute atomic E-state index is 13.2. The lowest BCUT2D eigenvalue weighted by molar-refractivity contribution is -0.143. The van der Waals surface area contributed by atoms with Crippen molar-refractivity contribution in [2.24, 2.45) is 11.8 Å². The van der Waals surface area contributed by atoms with E-state index < -0.39 is 29.5 Å². The molecule has 1 aromatic rings. The summed E-state index contributed by atoms with van der Waals surface area (Å²) in [6, 6.07) is 6.47. The number of aliphatic hydroxyl groups excluding tert-OH is 1. The predicted octanol–water partition coefficient (Wildman–Crippen LogP) is -0.176. The standard InChI is InChI=1S/C19H23N3O5/c1-10(23)15-13-14(17(25)22(16(13)24)8-5-9-27-2)19(21-15)11-6-3-4-7-12(11)20-18(19)26/h3-4,6-7,10,13-15,21,23H,5,8-9H2,1-2H3,(H,20,26)/t10-,13+,14+,15+,19+/m1/s1. The second-order valence-electron chi connectivity index (χ2n) is 7.40. The van der Waals surface area contributed by atoms with Crippen molar-refractivity contribution in [1.82, 2.24) is 10.2 Å². The fraction of sp³-hybridized carbons (Fsp3) is 0.526. The van der Waals surface area contributed by atoms with E-state index in [2.05, 4.69) is 10.6 Å². The fourth-order valence-electron chi connectivity index (χ4n) is 4.75. The van der Waals surface area contributed by atoms with Crippen LogP contribution in [0.25, 0.3) is 0 Å². The first-order valence-corrected chi connectivity index (χ1v) is 9.14. The molecule has 2 fully saturated rings. The summed E-state index contributed by atoms with van der Waals surface area (Å²) in [7, 11) is 1.56. The van der Waals surface area contributed by atoms with Gasteiger partial charge in [0.2, 0.25) is 17.7 Å². The van der Waals surface area contributed by atoms with Gasteiger partial charge < -0.3 is 15.2 Å². The van der Waals surface area contributed by atoms with Crippen LogP contribution < -0.4 is 10.6 Å². The molecular weight excluding hydrogens is 350 g/mol. The van der Waals surface area contributed by atoms with E-state index in [0.29, 0.717) is 24.3 Å². The average Bonchev–Trinajstić information content (AvgIpc) is 3.22. The van der Waals surface area contributed by atoms with E-state index in [0.717, 1.165) is 0 Å². The maximum Gasteiger partial charge on any atom is 0.250 e. The first-order chi connectivity index (χ1) is 12.9. The number of carbonyl (C=O) groups is 3. The zero-order valence-electron chi connectivity index (χ0n) is 15.3. The highest BCUT2D eigenvalue weighted by Crippen LogP contribution is 2.53. The summed E-state index contributed by atoms with van der Waals surface area (Å²) >= 11 is 0. The van der Waals surface area contributed by atoms with Crippen LogP contribution in [0.15, 0.2) is 24.3 Å². The lowest BCUT2D eigenvalue weighted by Gasteiger charge is -2.30. The highest BCUT2D eigenvalue weighted by Gasteiger charge is 2.70. The number of amides is 3. The molecule has 2 saturated heterocycles. The lowest BCUT2D eigenvalue weighted by atomic mass is 9.76. The molecule has 1 spiro atoms. The number of rotatable bonds is 5. The minimum absolute atomic E-state index is 0.240. The highest BCUT2D eigenvalue weighted by atomic mass is 16.5. The van der Waals surface area contributed by atoms with Gasteiger partial charge in [0, 0.05) is 37.6 Å². The van der Waals surface area contributed by atoms with Crippen molar-refractivity contribution in [3.05, 3.63) is 29.8 Å². The van der Waals surface area contributed by atoms with Gasteiger partial charge in [-0.15, -0.1) is 0 Å². The summed E-state index contributed by atoms with van der Waals surface area (Å²) in [4.78, 5) is 40.5. The number of hydrogen-bond donors (Lipinski definition) is 3. The molecule has 0 unspecified atom stereocenters. The number of carbonyl (C=O) groups excluding carboxylic acids is 3. The van der Waals surface area contributed by atoms with Gasteiger partial charge in [-0.2, -0.15) is 0 Å². The van der Waals surface area contributed by atoms with E-state index in [4.69, 9.17) is 4.74 Å². The molecule has 4 rings (SSSR count).